The van der Waals surface area contributed by atoms with Gasteiger partial charge in [0.2, 0.25) is 0 Å². The number of fused-ring (bicyclic) bond motifs is 14. The molecule has 2 heterocycles. The van der Waals surface area contributed by atoms with Crippen LogP contribution in [0, 0.1) is 0 Å². The fourth-order valence-electron chi connectivity index (χ4n) is 10.5. The lowest BCUT2D eigenvalue weighted by molar-refractivity contribution is 0.661. The molecule has 2 aromatic heterocycles. The highest BCUT2D eigenvalue weighted by Gasteiger charge is 2.36. The smallest absolute Gasteiger partial charge is 0.0361 e. The minimum absolute atomic E-state index is 0.163. The first kappa shape index (κ1) is 33.4. The van der Waals surface area contributed by atoms with Gasteiger partial charge in [0.05, 0.1) is 0 Å². The Morgan fingerprint density at radius 2 is 0.746 bits per heavy atom. The maximum Gasteiger partial charge on any atom is 0.0361 e. The quantitative estimate of drug-likeness (QED) is 0.157. The van der Waals surface area contributed by atoms with E-state index in [0.717, 1.165) is 0 Å². The number of thiophene rings is 2. The van der Waals surface area contributed by atoms with Gasteiger partial charge in [0, 0.05) is 45.8 Å². The second-order valence-electron chi connectivity index (χ2n) is 16.7. The lowest BCUT2D eigenvalue weighted by Crippen LogP contribution is -2.15. The molecule has 0 bridgehead atoms. The normalized spacial score (nSPS) is 13.4. The van der Waals surface area contributed by atoms with Crippen LogP contribution in [0.25, 0.3) is 117 Å². The van der Waals surface area contributed by atoms with Crippen molar-refractivity contribution in [3.63, 3.8) is 0 Å². The van der Waals surface area contributed by atoms with Crippen molar-refractivity contribution in [1.82, 2.24) is 0 Å². The van der Waals surface area contributed by atoms with Crippen LogP contribution in [0.3, 0.4) is 0 Å². The summed E-state index contributed by atoms with van der Waals surface area (Å²) in [6.07, 6.45) is 0. The van der Waals surface area contributed by atoms with Gasteiger partial charge in [0.15, 0.2) is 0 Å². The van der Waals surface area contributed by atoms with Gasteiger partial charge >= 0.3 is 0 Å². The van der Waals surface area contributed by atoms with E-state index in [2.05, 4.69) is 196 Å². The molecular formula is C57H36S2. The molecule has 276 valence electrons. The lowest BCUT2D eigenvalue weighted by Gasteiger charge is -2.23. The van der Waals surface area contributed by atoms with Crippen molar-refractivity contribution in [3.8, 4) is 44.5 Å². The molecule has 0 atom stereocenters. The van der Waals surface area contributed by atoms with Gasteiger partial charge in [-0.3, -0.25) is 0 Å². The zero-order chi connectivity index (χ0) is 39.0. The maximum absolute atomic E-state index is 2.49. The Morgan fingerprint density at radius 3 is 1.37 bits per heavy atom. The number of benzene rings is 10. The fraction of sp³-hybridized carbons (Fsp3) is 0.0526. The first-order valence-corrected chi connectivity index (χ1v) is 22.1. The first-order valence-electron chi connectivity index (χ1n) is 20.5. The summed E-state index contributed by atoms with van der Waals surface area (Å²) in [6.45, 7) is 4.82. The van der Waals surface area contributed by atoms with Crippen molar-refractivity contribution in [2.45, 2.75) is 19.3 Å². The van der Waals surface area contributed by atoms with Gasteiger partial charge in [-0.05, 0) is 124 Å². The second kappa shape index (κ2) is 12.2. The minimum Gasteiger partial charge on any atom is -0.135 e. The van der Waals surface area contributed by atoms with E-state index in [9.17, 15) is 0 Å². The molecule has 0 spiro atoms. The van der Waals surface area contributed by atoms with Crippen molar-refractivity contribution >= 4 is 95.3 Å². The molecule has 0 nitrogen and oxygen atoms in total. The molecule has 0 unspecified atom stereocenters. The van der Waals surface area contributed by atoms with Crippen LogP contribution in [-0.4, -0.2) is 0 Å². The molecule has 2 heteroatoms. The Morgan fingerprint density at radius 1 is 0.305 bits per heavy atom. The van der Waals surface area contributed by atoms with E-state index in [1.165, 1.54) is 128 Å². The summed E-state index contributed by atoms with van der Waals surface area (Å²) in [5.74, 6) is 0. The SMILES string of the molecule is CC1(C)c2cc(-c3ccc4c(c3)sc3ccc5c(ccc6sc7ccccc7c65)c34)ccc2-c2ccc(-c3c4ccccc4c(-c4ccccc4)c4ccccc34)cc21. The van der Waals surface area contributed by atoms with Crippen LogP contribution in [-0.2, 0) is 5.41 Å². The molecule has 0 saturated heterocycles. The van der Waals surface area contributed by atoms with Gasteiger partial charge in [-0.1, -0.05) is 159 Å². The van der Waals surface area contributed by atoms with Gasteiger partial charge in [0.1, 0.15) is 0 Å². The van der Waals surface area contributed by atoms with Gasteiger partial charge in [-0.15, -0.1) is 22.7 Å². The van der Waals surface area contributed by atoms with Crippen LogP contribution in [0.5, 0.6) is 0 Å². The predicted molar refractivity (Wildman–Crippen MR) is 259 cm³/mol. The summed E-state index contributed by atoms with van der Waals surface area (Å²) in [5.41, 5.74) is 13.0. The Bertz CT molecular complexity index is 3690. The summed E-state index contributed by atoms with van der Waals surface area (Å²) < 4.78 is 5.40. The molecule has 0 saturated carbocycles. The largest absolute Gasteiger partial charge is 0.135 e. The number of hydrogen-bond acceptors (Lipinski definition) is 2. The van der Waals surface area contributed by atoms with E-state index < -0.39 is 0 Å². The van der Waals surface area contributed by atoms with Crippen LogP contribution in [0.1, 0.15) is 25.0 Å². The molecule has 0 aliphatic heterocycles. The van der Waals surface area contributed by atoms with Crippen molar-refractivity contribution in [1.29, 1.82) is 0 Å². The summed E-state index contributed by atoms with van der Waals surface area (Å²) in [4.78, 5) is 0. The highest BCUT2D eigenvalue weighted by molar-refractivity contribution is 7.26. The summed E-state index contributed by atoms with van der Waals surface area (Å²) in [6, 6.07) is 68.6. The third kappa shape index (κ3) is 4.70. The van der Waals surface area contributed by atoms with E-state index in [0.29, 0.717) is 0 Å². The molecule has 0 amide bonds. The Kier molecular flexibility index (Phi) is 6.92. The van der Waals surface area contributed by atoms with E-state index in [1.54, 1.807) is 0 Å². The van der Waals surface area contributed by atoms with Crippen molar-refractivity contribution in [2.75, 3.05) is 0 Å². The predicted octanol–water partition coefficient (Wildman–Crippen LogP) is 17.2. The molecule has 0 radical (unpaired) electrons. The number of rotatable bonds is 3. The summed E-state index contributed by atoms with van der Waals surface area (Å²) in [7, 11) is 0. The maximum atomic E-state index is 2.49. The molecule has 0 fully saturated rings. The lowest BCUT2D eigenvalue weighted by atomic mass is 9.80. The Hall–Kier alpha value is -6.58. The average molecular weight is 785 g/mol. The van der Waals surface area contributed by atoms with E-state index >= 15 is 0 Å². The molecule has 12 aromatic rings. The minimum atomic E-state index is -0.163. The van der Waals surface area contributed by atoms with Crippen LogP contribution >= 0.6 is 22.7 Å². The Labute approximate surface area is 350 Å². The highest BCUT2D eigenvalue weighted by Crippen LogP contribution is 2.53. The van der Waals surface area contributed by atoms with Crippen LogP contribution in [0.4, 0.5) is 0 Å². The third-order valence-corrected chi connectivity index (χ3v) is 15.5. The van der Waals surface area contributed by atoms with Crippen molar-refractivity contribution in [3.05, 3.63) is 193 Å². The highest BCUT2D eigenvalue weighted by atomic mass is 32.1. The van der Waals surface area contributed by atoms with Crippen LogP contribution in [0.2, 0.25) is 0 Å². The standard InChI is InChI=1S/C57H36S2/c1-57(2)47-30-34(35-21-25-46-52(32-35)59-51-29-27-43-44(56(46)51)26-28-50-55(43)45-18-10-11-19-49(45)58-50)20-23-37(47)38-24-22-36(31-48(38)57)54-41-16-8-6-14-39(41)53(33-12-4-3-5-13-33)40-15-7-9-17-42(40)54/h3-32H,1-2H3. The zero-order valence-corrected chi connectivity index (χ0v) is 34.3. The second-order valence-corrected chi connectivity index (χ2v) is 18.9. The molecule has 59 heavy (non-hydrogen) atoms. The average Bonchev–Trinajstić information content (AvgIpc) is 3.93. The molecule has 0 N–H and O–H groups in total. The first-order chi connectivity index (χ1) is 29.0. The molecule has 10 aromatic carbocycles. The third-order valence-electron chi connectivity index (χ3n) is 13.3. The van der Waals surface area contributed by atoms with E-state index in [4.69, 9.17) is 0 Å². The van der Waals surface area contributed by atoms with Crippen molar-refractivity contribution in [2.24, 2.45) is 0 Å². The molecular weight excluding hydrogens is 749 g/mol. The van der Waals surface area contributed by atoms with Crippen LogP contribution < -0.4 is 0 Å². The molecule has 13 rings (SSSR count). The monoisotopic (exact) mass is 784 g/mol. The topological polar surface area (TPSA) is 0 Å². The molecule has 1 aliphatic rings. The van der Waals surface area contributed by atoms with Gasteiger partial charge in [-0.2, -0.15) is 0 Å². The Balaban J connectivity index is 0.924. The van der Waals surface area contributed by atoms with E-state index in [1.807, 2.05) is 22.7 Å². The van der Waals surface area contributed by atoms with Gasteiger partial charge < -0.3 is 0 Å². The number of hydrogen-bond donors (Lipinski definition) is 0. The van der Waals surface area contributed by atoms with Crippen LogP contribution in [0.15, 0.2) is 182 Å². The fourth-order valence-corrected chi connectivity index (χ4v) is 12.8. The molecule has 1 aliphatic carbocycles. The summed E-state index contributed by atoms with van der Waals surface area (Å²) in [5, 5.41) is 13.3. The zero-order valence-electron chi connectivity index (χ0n) is 32.6. The van der Waals surface area contributed by atoms with E-state index in [-0.39, 0.29) is 5.41 Å². The summed E-state index contributed by atoms with van der Waals surface area (Å²) >= 11 is 3.81. The van der Waals surface area contributed by atoms with Crippen molar-refractivity contribution < 1.29 is 0 Å². The van der Waals surface area contributed by atoms with Gasteiger partial charge in [-0.25, -0.2) is 0 Å². The van der Waals surface area contributed by atoms with Gasteiger partial charge in [0.25, 0.3) is 0 Å².